The van der Waals surface area contributed by atoms with Gasteiger partial charge in [0.05, 0.1) is 6.26 Å². The fourth-order valence-electron chi connectivity index (χ4n) is 2.31. The van der Waals surface area contributed by atoms with Gasteiger partial charge in [-0.05, 0) is 24.5 Å². The smallest absolute Gasteiger partial charge is 0.287 e. The summed E-state index contributed by atoms with van der Waals surface area (Å²) in [6.45, 7) is 6.58. The van der Waals surface area contributed by atoms with Crippen molar-refractivity contribution in [2.75, 3.05) is 26.7 Å². The predicted octanol–water partition coefficient (Wildman–Crippen LogP) is 2.78. The Morgan fingerprint density at radius 2 is 1.79 bits per heavy atom. The molecule has 0 aliphatic carbocycles. The summed E-state index contributed by atoms with van der Waals surface area (Å²) >= 11 is 0. The average molecular weight is 336 g/mol. The zero-order valence-corrected chi connectivity index (χ0v) is 15.2. The second-order valence-electron chi connectivity index (χ2n) is 6.26. The van der Waals surface area contributed by atoms with Crippen molar-refractivity contribution in [1.29, 1.82) is 0 Å². The molecule has 0 aliphatic rings. The summed E-state index contributed by atoms with van der Waals surface area (Å²) in [4.78, 5) is 15.9. The van der Waals surface area contributed by atoms with Crippen LogP contribution in [-0.4, -0.2) is 38.5 Å². The molecule has 1 amide bonds. The Morgan fingerprint density at radius 1 is 1.08 bits per heavy atom. The van der Waals surface area contributed by atoms with Crippen molar-refractivity contribution in [3.05, 3.63) is 24.2 Å². The predicted molar refractivity (Wildman–Crippen MR) is 98.3 cm³/mol. The number of carbonyl (C=O) groups is 1. The van der Waals surface area contributed by atoms with Crippen molar-refractivity contribution in [1.82, 2.24) is 16.0 Å². The molecule has 0 spiro atoms. The molecule has 3 N–H and O–H groups in total. The van der Waals surface area contributed by atoms with E-state index in [9.17, 15) is 4.79 Å². The van der Waals surface area contributed by atoms with Crippen molar-refractivity contribution in [3.8, 4) is 0 Å². The summed E-state index contributed by atoms with van der Waals surface area (Å²) in [6.07, 6.45) is 7.82. The first-order valence-corrected chi connectivity index (χ1v) is 8.89. The largest absolute Gasteiger partial charge is 0.459 e. The van der Waals surface area contributed by atoms with Crippen molar-refractivity contribution in [2.45, 2.75) is 46.0 Å². The standard InChI is InChI=1S/C18H32N4O2/c1-15(2)9-6-4-5-7-11-21-18(19-3)22-13-12-20-17(23)16-10-8-14-24-16/h8,10,14-15H,4-7,9,11-13H2,1-3H3,(H,20,23)(H2,19,21,22). The van der Waals surface area contributed by atoms with Crippen LogP contribution in [0.25, 0.3) is 0 Å². The number of aliphatic imine (C=N–C) groups is 1. The second kappa shape index (κ2) is 12.4. The average Bonchev–Trinajstić information content (AvgIpc) is 3.10. The number of carbonyl (C=O) groups excluding carboxylic acids is 1. The number of guanidine groups is 1. The van der Waals surface area contributed by atoms with Gasteiger partial charge in [0.1, 0.15) is 0 Å². The zero-order valence-electron chi connectivity index (χ0n) is 15.2. The van der Waals surface area contributed by atoms with Gasteiger partial charge >= 0.3 is 0 Å². The van der Waals surface area contributed by atoms with Crippen molar-refractivity contribution >= 4 is 11.9 Å². The number of furan rings is 1. The lowest BCUT2D eigenvalue weighted by Gasteiger charge is -2.12. The molecule has 1 aromatic heterocycles. The fraction of sp³-hybridized carbons (Fsp3) is 0.667. The summed E-state index contributed by atoms with van der Waals surface area (Å²) in [5.41, 5.74) is 0. The van der Waals surface area contributed by atoms with Crippen molar-refractivity contribution < 1.29 is 9.21 Å². The van der Waals surface area contributed by atoms with Crippen LogP contribution in [0.1, 0.15) is 56.5 Å². The van der Waals surface area contributed by atoms with E-state index in [-0.39, 0.29) is 5.91 Å². The van der Waals surface area contributed by atoms with E-state index < -0.39 is 0 Å². The lowest BCUT2D eigenvalue weighted by atomic mass is 10.0. The molecule has 6 heteroatoms. The van der Waals surface area contributed by atoms with Gasteiger partial charge in [-0.25, -0.2) is 0 Å². The maximum atomic E-state index is 11.7. The number of unbranched alkanes of at least 4 members (excludes halogenated alkanes) is 3. The third-order valence-electron chi connectivity index (χ3n) is 3.67. The highest BCUT2D eigenvalue weighted by molar-refractivity contribution is 5.91. The Labute approximate surface area is 145 Å². The van der Waals surface area contributed by atoms with Gasteiger partial charge in [-0.3, -0.25) is 9.79 Å². The Bertz CT molecular complexity index is 469. The highest BCUT2D eigenvalue weighted by Crippen LogP contribution is 2.08. The van der Waals surface area contributed by atoms with Gasteiger partial charge in [0, 0.05) is 26.7 Å². The monoisotopic (exact) mass is 336 g/mol. The molecule has 1 heterocycles. The number of nitrogens with zero attached hydrogens (tertiary/aromatic N) is 1. The van der Waals surface area contributed by atoms with Crippen LogP contribution in [0.3, 0.4) is 0 Å². The molecule has 0 saturated carbocycles. The minimum Gasteiger partial charge on any atom is -0.459 e. The van der Waals surface area contributed by atoms with E-state index in [0.717, 1.165) is 24.8 Å². The van der Waals surface area contributed by atoms with Crippen LogP contribution in [0.5, 0.6) is 0 Å². The van der Waals surface area contributed by atoms with Crippen molar-refractivity contribution in [3.63, 3.8) is 0 Å². The molecule has 1 aromatic rings. The van der Waals surface area contributed by atoms with Crippen LogP contribution in [0, 0.1) is 5.92 Å². The minimum absolute atomic E-state index is 0.203. The Hall–Kier alpha value is -1.98. The van der Waals surface area contributed by atoms with Crippen molar-refractivity contribution in [2.24, 2.45) is 10.9 Å². The van der Waals surface area contributed by atoms with Gasteiger partial charge in [-0.1, -0.05) is 39.5 Å². The van der Waals surface area contributed by atoms with Crippen LogP contribution >= 0.6 is 0 Å². The normalized spacial score (nSPS) is 11.6. The first-order valence-electron chi connectivity index (χ1n) is 8.89. The number of nitrogens with one attached hydrogen (secondary N) is 3. The third-order valence-corrected chi connectivity index (χ3v) is 3.67. The highest BCUT2D eigenvalue weighted by atomic mass is 16.3. The number of hydrogen-bond donors (Lipinski definition) is 3. The number of hydrogen-bond acceptors (Lipinski definition) is 3. The molecule has 0 radical (unpaired) electrons. The van der Waals surface area contributed by atoms with Gasteiger partial charge in [0.25, 0.3) is 5.91 Å². The fourth-order valence-corrected chi connectivity index (χ4v) is 2.31. The number of rotatable bonds is 11. The molecule has 0 unspecified atom stereocenters. The second-order valence-corrected chi connectivity index (χ2v) is 6.26. The number of amides is 1. The quantitative estimate of drug-likeness (QED) is 0.330. The zero-order chi connectivity index (χ0) is 17.6. The van der Waals surface area contributed by atoms with Crippen LogP contribution in [0.2, 0.25) is 0 Å². The van der Waals surface area contributed by atoms with E-state index in [4.69, 9.17) is 4.42 Å². The van der Waals surface area contributed by atoms with Gasteiger partial charge in [-0.15, -0.1) is 0 Å². The summed E-state index contributed by atoms with van der Waals surface area (Å²) in [5.74, 6) is 1.70. The maximum absolute atomic E-state index is 11.7. The molecule has 24 heavy (non-hydrogen) atoms. The lowest BCUT2D eigenvalue weighted by molar-refractivity contribution is 0.0926. The van der Waals surface area contributed by atoms with E-state index in [0.29, 0.717) is 18.8 Å². The topological polar surface area (TPSA) is 78.7 Å². The molecular formula is C18H32N4O2. The molecule has 136 valence electrons. The van der Waals surface area contributed by atoms with Gasteiger partial charge in [-0.2, -0.15) is 0 Å². The Kier molecular flexibility index (Phi) is 10.4. The third kappa shape index (κ3) is 9.22. The summed E-state index contributed by atoms with van der Waals surface area (Å²) in [5, 5.41) is 9.26. The maximum Gasteiger partial charge on any atom is 0.287 e. The van der Waals surface area contributed by atoms with Crippen LogP contribution in [-0.2, 0) is 0 Å². The van der Waals surface area contributed by atoms with Crippen LogP contribution in [0.15, 0.2) is 27.8 Å². The van der Waals surface area contributed by atoms with Crippen LogP contribution in [0.4, 0.5) is 0 Å². The molecule has 0 atom stereocenters. The van der Waals surface area contributed by atoms with Gasteiger partial charge in [0.2, 0.25) is 0 Å². The molecule has 0 aromatic carbocycles. The molecule has 1 rings (SSSR count). The molecule has 0 bridgehead atoms. The Morgan fingerprint density at radius 3 is 2.46 bits per heavy atom. The SMILES string of the molecule is CN=C(NCCCCCCC(C)C)NCCNC(=O)c1ccco1. The molecular weight excluding hydrogens is 304 g/mol. The summed E-state index contributed by atoms with van der Waals surface area (Å²) in [6, 6.07) is 3.34. The Balaban J connectivity index is 2.01. The summed E-state index contributed by atoms with van der Waals surface area (Å²) in [7, 11) is 1.75. The molecule has 0 saturated heterocycles. The van der Waals surface area contributed by atoms with Crippen LogP contribution < -0.4 is 16.0 Å². The first kappa shape index (κ1) is 20.1. The van der Waals surface area contributed by atoms with E-state index in [1.165, 1.54) is 31.9 Å². The van der Waals surface area contributed by atoms with E-state index in [2.05, 4.69) is 34.8 Å². The van der Waals surface area contributed by atoms with Gasteiger partial charge in [0.15, 0.2) is 11.7 Å². The van der Waals surface area contributed by atoms with E-state index in [1.54, 1.807) is 19.2 Å². The minimum atomic E-state index is -0.203. The van der Waals surface area contributed by atoms with Gasteiger partial charge < -0.3 is 20.4 Å². The lowest BCUT2D eigenvalue weighted by Crippen LogP contribution is -2.41. The highest BCUT2D eigenvalue weighted by Gasteiger charge is 2.06. The molecule has 0 fully saturated rings. The molecule has 6 nitrogen and oxygen atoms in total. The summed E-state index contributed by atoms with van der Waals surface area (Å²) < 4.78 is 5.03. The van der Waals surface area contributed by atoms with E-state index in [1.807, 2.05) is 0 Å². The first-order chi connectivity index (χ1) is 11.6. The molecule has 0 aliphatic heterocycles. The van der Waals surface area contributed by atoms with E-state index >= 15 is 0 Å².